The summed E-state index contributed by atoms with van der Waals surface area (Å²) in [5.74, 6) is -2.02. The number of hydrogen-bond donors (Lipinski definition) is 1. The maximum atomic E-state index is 13.7. The molecular weight excluding hydrogens is 360 g/mol. The van der Waals surface area contributed by atoms with E-state index in [2.05, 4.69) is 5.32 Å². The van der Waals surface area contributed by atoms with Crippen molar-refractivity contribution in [2.24, 2.45) is 0 Å². The first kappa shape index (κ1) is 17.9. The molecule has 0 heterocycles. The average Bonchev–Trinajstić information content (AvgIpc) is 2.63. The van der Waals surface area contributed by atoms with Gasteiger partial charge < -0.3 is 10.1 Å². The van der Waals surface area contributed by atoms with Gasteiger partial charge in [-0.1, -0.05) is 29.8 Å². The summed E-state index contributed by atoms with van der Waals surface area (Å²) in [6.45, 7) is 0. The van der Waals surface area contributed by atoms with Gasteiger partial charge in [-0.3, -0.25) is 4.79 Å². The van der Waals surface area contributed by atoms with E-state index in [-0.39, 0.29) is 0 Å². The first-order valence-corrected chi connectivity index (χ1v) is 8.06. The molecule has 0 aliphatic rings. The minimum atomic E-state index is -0.915. The highest BCUT2D eigenvalue weighted by Crippen LogP contribution is 2.32. The predicted molar refractivity (Wildman–Crippen MR) is 97.8 cm³/mol. The number of carbonyl (C=O) groups excluding carboxylic acids is 1. The van der Waals surface area contributed by atoms with E-state index in [0.29, 0.717) is 16.5 Å². The van der Waals surface area contributed by atoms with Crippen molar-refractivity contribution in [3.63, 3.8) is 0 Å². The van der Waals surface area contributed by atoms with E-state index < -0.39 is 23.1 Å². The molecule has 0 atom stereocenters. The molecular formula is C20H14ClF2NO2. The lowest BCUT2D eigenvalue weighted by Crippen LogP contribution is -2.15. The topological polar surface area (TPSA) is 38.3 Å². The maximum Gasteiger partial charge on any atom is 0.261 e. The number of benzene rings is 3. The van der Waals surface area contributed by atoms with Crippen LogP contribution in [0.1, 0.15) is 10.4 Å². The van der Waals surface area contributed by atoms with Crippen molar-refractivity contribution in [1.82, 2.24) is 0 Å². The number of anilines is 1. The van der Waals surface area contributed by atoms with Crippen LogP contribution in [0, 0.1) is 11.6 Å². The van der Waals surface area contributed by atoms with Crippen molar-refractivity contribution in [2.75, 3.05) is 12.4 Å². The molecule has 3 aromatic rings. The molecule has 132 valence electrons. The smallest absolute Gasteiger partial charge is 0.261 e. The van der Waals surface area contributed by atoms with Crippen LogP contribution in [0.2, 0.25) is 5.02 Å². The molecule has 0 aliphatic heterocycles. The van der Waals surface area contributed by atoms with Crippen LogP contribution in [-0.2, 0) is 0 Å². The van der Waals surface area contributed by atoms with Crippen LogP contribution in [0.25, 0.3) is 11.1 Å². The van der Waals surface area contributed by atoms with Gasteiger partial charge in [0.25, 0.3) is 5.91 Å². The van der Waals surface area contributed by atoms with E-state index in [0.717, 1.165) is 23.3 Å². The molecule has 0 bridgehead atoms. The van der Waals surface area contributed by atoms with Gasteiger partial charge in [0.15, 0.2) is 0 Å². The van der Waals surface area contributed by atoms with E-state index in [1.807, 2.05) is 0 Å². The van der Waals surface area contributed by atoms with Crippen molar-refractivity contribution in [2.45, 2.75) is 0 Å². The normalized spacial score (nSPS) is 10.5. The Labute approximate surface area is 154 Å². The first-order valence-electron chi connectivity index (χ1n) is 7.69. The molecule has 3 aromatic carbocycles. The molecule has 0 unspecified atom stereocenters. The zero-order chi connectivity index (χ0) is 18.7. The lowest BCUT2D eigenvalue weighted by atomic mass is 10.0. The lowest BCUT2D eigenvalue weighted by Gasteiger charge is -2.10. The van der Waals surface area contributed by atoms with Crippen LogP contribution >= 0.6 is 11.6 Å². The summed E-state index contributed by atoms with van der Waals surface area (Å²) in [5, 5.41) is 3.03. The summed E-state index contributed by atoms with van der Waals surface area (Å²) in [5.41, 5.74) is 1.36. The van der Waals surface area contributed by atoms with Gasteiger partial charge in [-0.05, 0) is 48.0 Å². The predicted octanol–water partition coefficient (Wildman–Crippen LogP) is 5.55. The number of ether oxygens (including phenoxy) is 1. The summed E-state index contributed by atoms with van der Waals surface area (Å²) >= 11 is 6.22. The van der Waals surface area contributed by atoms with E-state index in [1.165, 1.54) is 6.07 Å². The zero-order valence-electron chi connectivity index (χ0n) is 13.7. The number of carbonyl (C=O) groups is 1. The Morgan fingerprint density at radius 1 is 1.00 bits per heavy atom. The number of amides is 1. The van der Waals surface area contributed by atoms with Crippen LogP contribution in [0.15, 0.2) is 60.7 Å². The van der Waals surface area contributed by atoms with Crippen molar-refractivity contribution < 1.29 is 18.3 Å². The molecule has 1 amide bonds. The molecule has 0 radical (unpaired) electrons. The fraction of sp³-hybridized carbons (Fsp3) is 0.0500. The lowest BCUT2D eigenvalue weighted by molar-refractivity contribution is 0.101. The molecule has 3 rings (SSSR count). The molecule has 1 N–H and O–H groups in total. The van der Waals surface area contributed by atoms with Gasteiger partial charge in [-0.15, -0.1) is 0 Å². The van der Waals surface area contributed by atoms with Crippen molar-refractivity contribution in [3.05, 3.63) is 82.9 Å². The van der Waals surface area contributed by atoms with Gasteiger partial charge in [0.05, 0.1) is 7.11 Å². The number of hydrogen-bond acceptors (Lipinski definition) is 2. The Balaban J connectivity index is 1.83. The third-order valence-electron chi connectivity index (χ3n) is 3.82. The number of halogens is 3. The summed E-state index contributed by atoms with van der Waals surface area (Å²) < 4.78 is 32.5. The van der Waals surface area contributed by atoms with Gasteiger partial charge >= 0.3 is 0 Å². The van der Waals surface area contributed by atoms with Gasteiger partial charge in [0.2, 0.25) is 0 Å². The number of methoxy groups -OCH3 is 1. The fourth-order valence-electron chi connectivity index (χ4n) is 2.49. The molecule has 26 heavy (non-hydrogen) atoms. The highest BCUT2D eigenvalue weighted by Gasteiger charge is 2.17. The summed E-state index contributed by atoms with van der Waals surface area (Å²) in [6.07, 6.45) is 0. The highest BCUT2D eigenvalue weighted by atomic mass is 35.5. The SMILES string of the molecule is COc1ccc(Cl)c(-c2ccc(NC(=O)c3c(F)cccc3F)cc2)c1. The Morgan fingerprint density at radius 3 is 2.27 bits per heavy atom. The van der Waals surface area contributed by atoms with Crippen molar-refractivity contribution in [3.8, 4) is 16.9 Å². The van der Waals surface area contributed by atoms with Crippen LogP contribution in [0.5, 0.6) is 5.75 Å². The minimum absolute atomic E-state index is 0.403. The van der Waals surface area contributed by atoms with Crippen molar-refractivity contribution >= 4 is 23.2 Å². The van der Waals surface area contributed by atoms with E-state index >= 15 is 0 Å². The third kappa shape index (κ3) is 3.68. The van der Waals surface area contributed by atoms with Crippen LogP contribution in [0.4, 0.5) is 14.5 Å². The first-order chi connectivity index (χ1) is 12.5. The van der Waals surface area contributed by atoms with Gasteiger partial charge in [0, 0.05) is 16.3 Å². The van der Waals surface area contributed by atoms with Crippen LogP contribution in [0.3, 0.4) is 0 Å². The molecule has 0 spiro atoms. The van der Waals surface area contributed by atoms with Gasteiger partial charge in [-0.25, -0.2) is 8.78 Å². The Morgan fingerprint density at radius 2 is 1.65 bits per heavy atom. The Hall–Kier alpha value is -2.92. The molecule has 3 nitrogen and oxygen atoms in total. The van der Waals surface area contributed by atoms with Crippen LogP contribution < -0.4 is 10.1 Å². The van der Waals surface area contributed by atoms with Crippen molar-refractivity contribution in [1.29, 1.82) is 0 Å². The average molecular weight is 374 g/mol. The summed E-state index contributed by atoms with van der Waals surface area (Å²) in [7, 11) is 1.56. The molecule has 0 aliphatic carbocycles. The minimum Gasteiger partial charge on any atom is -0.497 e. The quantitative estimate of drug-likeness (QED) is 0.651. The van der Waals surface area contributed by atoms with Gasteiger partial charge in [-0.2, -0.15) is 0 Å². The van der Waals surface area contributed by atoms with E-state index in [4.69, 9.17) is 16.3 Å². The number of nitrogens with one attached hydrogen (secondary N) is 1. The monoisotopic (exact) mass is 373 g/mol. The largest absolute Gasteiger partial charge is 0.497 e. The van der Waals surface area contributed by atoms with Crippen LogP contribution in [-0.4, -0.2) is 13.0 Å². The second kappa shape index (κ2) is 7.54. The molecule has 0 fully saturated rings. The van der Waals surface area contributed by atoms with E-state index in [1.54, 1.807) is 49.6 Å². The standard InChI is InChI=1S/C20H14ClF2NO2/c1-26-14-9-10-16(21)15(11-14)12-5-7-13(8-6-12)24-20(25)19-17(22)3-2-4-18(19)23/h2-11H,1H3,(H,24,25). The number of rotatable bonds is 4. The maximum absolute atomic E-state index is 13.7. The Kier molecular flexibility index (Phi) is 5.19. The third-order valence-corrected chi connectivity index (χ3v) is 4.15. The molecule has 0 saturated heterocycles. The van der Waals surface area contributed by atoms with E-state index in [9.17, 15) is 13.6 Å². The highest BCUT2D eigenvalue weighted by molar-refractivity contribution is 6.33. The second-order valence-electron chi connectivity index (χ2n) is 5.47. The molecule has 0 saturated carbocycles. The summed E-state index contributed by atoms with van der Waals surface area (Å²) in [6, 6.07) is 15.3. The molecule has 6 heteroatoms. The second-order valence-corrected chi connectivity index (χ2v) is 5.88. The van der Waals surface area contributed by atoms with Gasteiger partial charge in [0.1, 0.15) is 22.9 Å². The fourth-order valence-corrected chi connectivity index (χ4v) is 2.72. The summed E-state index contributed by atoms with van der Waals surface area (Å²) in [4.78, 5) is 12.1. The molecule has 0 aromatic heterocycles. The Bertz CT molecular complexity index is 938. The zero-order valence-corrected chi connectivity index (χ0v) is 14.5.